The second-order valence-electron chi connectivity index (χ2n) is 5.73. The van der Waals surface area contributed by atoms with Crippen LogP contribution in [0.4, 0.5) is 0 Å². The molecule has 1 aromatic heterocycles. The number of aromatic nitrogens is 3. The largest absolute Gasteiger partial charge is 0.357 e. The lowest BCUT2D eigenvalue weighted by Gasteiger charge is -2.13. The van der Waals surface area contributed by atoms with Gasteiger partial charge in [0.2, 0.25) is 0 Å². The molecule has 0 aliphatic heterocycles. The predicted octanol–water partition coefficient (Wildman–Crippen LogP) is 3.24. The molecule has 2 aromatic rings. The predicted molar refractivity (Wildman–Crippen MR) is 121 cm³/mol. The number of rotatable bonds is 8. The first-order valence-electron chi connectivity index (χ1n) is 8.70. The number of halogens is 1. The maximum absolute atomic E-state index is 4.72. The SMILES string of the molecule is CCNC(=NCc1ccc(C)cc1SC)NCCn1cnnc1CC.I. The molecule has 26 heavy (non-hydrogen) atoms. The van der Waals surface area contributed by atoms with Crippen molar-refractivity contribution in [2.75, 3.05) is 19.3 Å². The Kier molecular flexibility index (Phi) is 10.6. The van der Waals surface area contributed by atoms with Gasteiger partial charge in [-0.1, -0.05) is 19.1 Å². The van der Waals surface area contributed by atoms with Crippen LogP contribution in [0.2, 0.25) is 0 Å². The number of hydrogen-bond donors (Lipinski definition) is 2. The van der Waals surface area contributed by atoms with Gasteiger partial charge in [-0.15, -0.1) is 45.9 Å². The summed E-state index contributed by atoms with van der Waals surface area (Å²) in [6.45, 7) is 9.38. The van der Waals surface area contributed by atoms with Crippen molar-refractivity contribution >= 4 is 41.7 Å². The van der Waals surface area contributed by atoms with Gasteiger partial charge in [0.05, 0.1) is 6.54 Å². The smallest absolute Gasteiger partial charge is 0.191 e. The molecule has 0 aliphatic rings. The second kappa shape index (κ2) is 12.2. The Morgan fingerprint density at radius 1 is 1.27 bits per heavy atom. The van der Waals surface area contributed by atoms with Crippen LogP contribution in [0.3, 0.4) is 0 Å². The molecule has 0 aliphatic carbocycles. The molecule has 0 saturated heterocycles. The highest BCUT2D eigenvalue weighted by atomic mass is 127. The number of nitrogens with zero attached hydrogens (tertiary/aromatic N) is 4. The maximum Gasteiger partial charge on any atom is 0.191 e. The average molecular weight is 488 g/mol. The normalized spacial score (nSPS) is 11.2. The van der Waals surface area contributed by atoms with E-state index in [1.807, 2.05) is 0 Å². The first kappa shape index (κ1) is 22.8. The van der Waals surface area contributed by atoms with Crippen molar-refractivity contribution < 1.29 is 0 Å². The zero-order valence-electron chi connectivity index (χ0n) is 16.0. The van der Waals surface area contributed by atoms with Gasteiger partial charge >= 0.3 is 0 Å². The van der Waals surface area contributed by atoms with E-state index in [0.717, 1.165) is 37.8 Å². The standard InChI is InChI=1S/C18H28N6S.HI/c1-5-17-23-22-13-24(17)10-9-20-18(19-6-2)21-12-15-8-7-14(3)11-16(15)25-4;/h7-8,11,13H,5-6,9-10,12H2,1-4H3,(H2,19,20,21);1H. The third-order valence-electron chi connectivity index (χ3n) is 3.85. The van der Waals surface area contributed by atoms with Gasteiger partial charge in [-0.2, -0.15) is 0 Å². The van der Waals surface area contributed by atoms with Crippen LogP contribution in [-0.2, 0) is 19.5 Å². The molecule has 1 heterocycles. The average Bonchev–Trinajstić information content (AvgIpc) is 3.07. The summed E-state index contributed by atoms with van der Waals surface area (Å²) in [6.07, 6.45) is 4.77. The molecular weight excluding hydrogens is 459 g/mol. The van der Waals surface area contributed by atoms with E-state index in [9.17, 15) is 0 Å². The number of nitrogens with one attached hydrogen (secondary N) is 2. The lowest BCUT2D eigenvalue weighted by Crippen LogP contribution is -2.38. The van der Waals surface area contributed by atoms with E-state index in [4.69, 9.17) is 4.99 Å². The monoisotopic (exact) mass is 488 g/mol. The van der Waals surface area contributed by atoms with Crippen LogP contribution >= 0.6 is 35.7 Å². The minimum absolute atomic E-state index is 0. The molecule has 0 saturated carbocycles. The summed E-state index contributed by atoms with van der Waals surface area (Å²) in [5, 5.41) is 14.8. The topological polar surface area (TPSA) is 67.1 Å². The molecule has 0 spiro atoms. The number of benzene rings is 1. The Labute approximate surface area is 177 Å². The Bertz CT molecular complexity index is 701. The van der Waals surface area contributed by atoms with Crippen molar-refractivity contribution in [2.24, 2.45) is 4.99 Å². The van der Waals surface area contributed by atoms with Crippen LogP contribution in [0.25, 0.3) is 0 Å². The molecule has 0 radical (unpaired) electrons. The molecule has 8 heteroatoms. The van der Waals surface area contributed by atoms with Crippen LogP contribution in [0.15, 0.2) is 34.4 Å². The number of thioether (sulfide) groups is 1. The molecule has 1 aromatic carbocycles. The van der Waals surface area contributed by atoms with Gasteiger partial charge in [0, 0.05) is 31.0 Å². The molecule has 0 atom stereocenters. The highest BCUT2D eigenvalue weighted by Crippen LogP contribution is 2.22. The minimum atomic E-state index is 0. The molecule has 6 nitrogen and oxygen atoms in total. The fraction of sp³-hybridized carbons (Fsp3) is 0.500. The van der Waals surface area contributed by atoms with E-state index in [1.165, 1.54) is 16.0 Å². The van der Waals surface area contributed by atoms with E-state index in [2.05, 4.69) is 70.6 Å². The van der Waals surface area contributed by atoms with Crippen molar-refractivity contribution in [3.8, 4) is 0 Å². The Morgan fingerprint density at radius 3 is 2.77 bits per heavy atom. The molecule has 2 rings (SSSR count). The van der Waals surface area contributed by atoms with Crippen LogP contribution in [0.5, 0.6) is 0 Å². The van der Waals surface area contributed by atoms with Gasteiger partial charge in [-0.25, -0.2) is 4.99 Å². The fourth-order valence-corrected chi connectivity index (χ4v) is 3.22. The fourth-order valence-electron chi connectivity index (χ4n) is 2.52. The Hall–Kier alpha value is -1.29. The third kappa shape index (κ3) is 6.79. The summed E-state index contributed by atoms with van der Waals surface area (Å²) in [7, 11) is 0. The number of aliphatic imine (C=N–C) groups is 1. The van der Waals surface area contributed by atoms with Crippen molar-refractivity contribution in [3.05, 3.63) is 41.5 Å². The third-order valence-corrected chi connectivity index (χ3v) is 4.67. The highest BCUT2D eigenvalue weighted by molar-refractivity contribution is 14.0. The number of hydrogen-bond acceptors (Lipinski definition) is 4. The highest BCUT2D eigenvalue weighted by Gasteiger charge is 2.04. The van der Waals surface area contributed by atoms with Crippen LogP contribution < -0.4 is 10.6 Å². The van der Waals surface area contributed by atoms with Gasteiger partial charge in [0.15, 0.2) is 5.96 Å². The molecule has 0 bridgehead atoms. The van der Waals surface area contributed by atoms with E-state index >= 15 is 0 Å². The summed E-state index contributed by atoms with van der Waals surface area (Å²) in [6, 6.07) is 6.52. The molecule has 144 valence electrons. The van der Waals surface area contributed by atoms with Crippen molar-refractivity contribution in [3.63, 3.8) is 0 Å². The first-order chi connectivity index (χ1) is 12.2. The lowest BCUT2D eigenvalue weighted by atomic mass is 10.1. The number of guanidine groups is 1. The van der Waals surface area contributed by atoms with Crippen molar-refractivity contribution in [1.82, 2.24) is 25.4 Å². The second-order valence-corrected chi connectivity index (χ2v) is 6.58. The van der Waals surface area contributed by atoms with Gasteiger partial charge in [0.25, 0.3) is 0 Å². The van der Waals surface area contributed by atoms with E-state index in [0.29, 0.717) is 6.54 Å². The summed E-state index contributed by atoms with van der Waals surface area (Å²) < 4.78 is 2.07. The van der Waals surface area contributed by atoms with E-state index < -0.39 is 0 Å². The molecule has 0 unspecified atom stereocenters. The van der Waals surface area contributed by atoms with Crippen molar-refractivity contribution in [2.45, 2.75) is 45.2 Å². The molecule has 2 N–H and O–H groups in total. The van der Waals surface area contributed by atoms with Crippen LogP contribution in [0, 0.1) is 6.92 Å². The lowest BCUT2D eigenvalue weighted by molar-refractivity contribution is 0.632. The first-order valence-corrected chi connectivity index (χ1v) is 9.92. The van der Waals surface area contributed by atoms with Gasteiger partial charge in [-0.3, -0.25) is 0 Å². The summed E-state index contributed by atoms with van der Waals surface area (Å²) in [5.41, 5.74) is 2.53. The zero-order chi connectivity index (χ0) is 18.1. The summed E-state index contributed by atoms with van der Waals surface area (Å²) in [5.74, 6) is 1.84. The Morgan fingerprint density at radius 2 is 2.08 bits per heavy atom. The van der Waals surface area contributed by atoms with Gasteiger partial charge in [0.1, 0.15) is 12.2 Å². The molecular formula is C18H29IN6S. The van der Waals surface area contributed by atoms with E-state index in [1.54, 1.807) is 18.1 Å². The van der Waals surface area contributed by atoms with E-state index in [-0.39, 0.29) is 24.0 Å². The quantitative estimate of drug-likeness (QED) is 0.259. The summed E-state index contributed by atoms with van der Waals surface area (Å²) in [4.78, 5) is 6.01. The van der Waals surface area contributed by atoms with Crippen LogP contribution in [-0.4, -0.2) is 40.1 Å². The van der Waals surface area contributed by atoms with Crippen LogP contribution in [0.1, 0.15) is 30.8 Å². The maximum atomic E-state index is 4.72. The zero-order valence-corrected chi connectivity index (χ0v) is 19.1. The van der Waals surface area contributed by atoms with Gasteiger partial charge < -0.3 is 15.2 Å². The van der Waals surface area contributed by atoms with Gasteiger partial charge in [-0.05, 0) is 37.3 Å². The molecule has 0 amide bonds. The Balaban J connectivity index is 0.00000338. The molecule has 0 fully saturated rings. The minimum Gasteiger partial charge on any atom is -0.357 e. The summed E-state index contributed by atoms with van der Waals surface area (Å²) >= 11 is 1.77. The van der Waals surface area contributed by atoms with Crippen molar-refractivity contribution in [1.29, 1.82) is 0 Å². The number of aryl methyl sites for hydroxylation is 2.